The van der Waals surface area contributed by atoms with E-state index in [2.05, 4.69) is 15.5 Å². The molecule has 1 heterocycles. The number of amidine groups is 1. The molecule has 1 aliphatic rings. The summed E-state index contributed by atoms with van der Waals surface area (Å²) in [5.74, 6) is -0.163. The first-order valence-corrected chi connectivity index (χ1v) is 6.76. The lowest BCUT2D eigenvalue weighted by molar-refractivity contribution is -0.127. The fourth-order valence-corrected chi connectivity index (χ4v) is 2.70. The zero-order valence-corrected chi connectivity index (χ0v) is 11.6. The molecule has 20 heavy (non-hydrogen) atoms. The van der Waals surface area contributed by atoms with E-state index in [9.17, 15) is 4.79 Å². The van der Waals surface area contributed by atoms with Crippen molar-refractivity contribution in [2.24, 2.45) is 16.3 Å². The van der Waals surface area contributed by atoms with Gasteiger partial charge in [0.2, 0.25) is 5.91 Å². The van der Waals surface area contributed by atoms with Gasteiger partial charge in [-0.15, -0.1) is 0 Å². The first-order chi connectivity index (χ1) is 9.60. The molecule has 0 bridgehead atoms. The molecule has 0 aliphatic heterocycles. The van der Waals surface area contributed by atoms with E-state index in [-0.39, 0.29) is 11.7 Å². The van der Waals surface area contributed by atoms with Gasteiger partial charge in [-0.3, -0.25) is 9.78 Å². The zero-order chi connectivity index (χ0) is 14.6. The molecule has 1 aliphatic carbocycles. The van der Waals surface area contributed by atoms with Gasteiger partial charge in [-0.05, 0) is 37.0 Å². The van der Waals surface area contributed by atoms with Crippen molar-refractivity contribution in [3.63, 3.8) is 0 Å². The smallest absolute Gasteiger partial charge is 0.234 e. The molecule has 0 saturated heterocycles. The molecular weight excluding hydrogens is 256 g/mol. The lowest BCUT2D eigenvalue weighted by Crippen LogP contribution is -2.48. The van der Waals surface area contributed by atoms with Crippen LogP contribution in [0, 0.1) is 12.3 Å². The first-order valence-electron chi connectivity index (χ1n) is 6.76. The van der Waals surface area contributed by atoms with Gasteiger partial charge in [0.25, 0.3) is 0 Å². The zero-order valence-electron chi connectivity index (χ0n) is 11.6. The predicted molar refractivity (Wildman–Crippen MR) is 75.1 cm³/mol. The fourth-order valence-electron chi connectivity index (χ4n) is 2.70. The van der Waals surface area contributed by atoms with E-state index in [1.807, 2.05) is 13.0 Å². The van der Waals surface area contributed by atoms with Crippen LogP contribution in [0.1, 0.15) is 36.8 Å². The molecule has 4 N–H and O–H groups in total. The van der Waals surface area contributed by atoms with E-state index in [0.29, 0.717) is 19.4 Å². The van der Waals surface area contributed by atoms with Gasteiger partial charge in [-0.1, -0.05) is 18.0 Å². The van der Waals surface area contributed by atoms with Crippen molar-refractivity contribution in [2.75, 3.05) is 0 Å². The fraction of sp³-hybridized carbons (Fsp3) is 0.500. The molecule has 0 radical (unpaired) electrons. The van der Waals surface area contributed by atoms with Gasteiger partial charge in [0.05, 0.1) is 0 Å². The van der Waals surface area contributed by atoms with Crippen molar-refractivity contribution >= 4 is 11.7 Å². The lowest BCUT2D eigenvalue weighted by atomic mass is 9.83. The van der Waals surface area contributed by atoms with Gasteiger partial charge in [-0.2, -0.15) is 0 Å². The number of hydrogen-bond donors (Lipinski definition) is 3. The molecule has 0 aromatic carbocycles. The van der Waals surface area contributed by atoms with Crippen LogP contribution in [0.4, 0.5) is 0 Å². The molecule has 0 spiro atoms. The van der Waals surface area contributed by atoms with E-state index in [1.54, 1.807) is 12.4 Å². The molecule has 1 fully saturated rings. The summed E-state index contributed by atoms with van der Waals surface area (Å²) in [5.41, 5.74) is 6.92. The number of aromatic nitrogens is 1. The van der Waals surface area contributed by atoms with Crippen LogP contribution in [0.2, 0.25) is 0 Å². The molecule has 1 amide bonds. The van der Waals surface area contributed by atoms with E-state index in [4.69, 9.17) is 10.9 Å². The second-order valence-corrected chi connectivity index (χ2v) is 5.26. The number of amides is 1. The Hall–Kier alpha value is -2.11. The number of nitrogens with two attached hydrogens (primary N) is 1. The summed E-state index contributed by atoms with van der Waals surface area (Å²) >= 11 is 0. The summed E-state index contributed by atoms with van der Waals surface area (Å²) < 4.78 is 0. The average Bonchev–Trinajstić information content (AvgIpc) is 2.96. The predicted octanol–water partition coefficient (Wildman–Crippen LogP) is 1.31. The van der Waals surface area contributed by atoms with Crippen LogP contribution in [-0.4, -0.2) is 21.9 Å². The minimum atomic E-state index is -0.856. The second kappa shape index (κ2) is 5.90. The molecule has 0 unspecified atom stereocenters. The summed E-state index contributed by atoms with van der Waals surface area (Å²) in [6.07, 6.45) is 6.53. The normalized spacial score (nSPS) is 17.9. The van der Waals surface area contributed by atoms with Gasteiger partial charge in [0, 0.05) is 18.9 Å². The molecule has 2 rings (SSSR count). The number of hydrogen-bond acceptors (Lipinski definition) is 4. The number of rotatable bonds is 4. The summed E-state index contributed by atoms with van der Waals surface area (Å²) in [4.78, 5) is 16.5. The van der Waals surface area contributed by atoms with E-state index in [0.717, 1.165) is 24.0 Å². The monoisotopic (exact) mass is 276 g/mol. The standard InChI is InChI=1S/C14H20N4O2/c1-10-4-7-16-8-11(10)9-17-13(19)14(12(15)18-20)5-2-3-6-14/h4,7-8,20H,2-3,5-6,9H2,1H3,(H2,15,18)(H,17,19). The summed E-state index contributed by atoms with van der Waals surface area (Å²) in [7, 11) is 0. The summed E-state index contributed by atoms with van der Waals surface area (Å²) in [6, 6.07) is 1.90. The Kier molecular flexibility index (Phi) is 4.22. The van der Waals surface area contributed by atoms with Crippen molar-refractivity contribution in [1.82, 2.24) is 10.3 Å². The lowest BCUT2D eigenvalue weighted by Gasteiger charge is -2.26. The Labute approximate surface area is 118 Å². The summed E-state index contributed by atoms with van der Waals surface area (Å²) in [6.45, 7) is 2.37. The molecule has 6 heteroatoms. The highest BCUT2D eigenvalue weighted by atomic mass is 16.4. The van der Waals surface area contributed by atoms with Crippen molar-refractivity contribution in [3.05, 3.63) is 29.6 Å². The van der Waals surface area contributed by atoms with Crippen molar-refractivity contribution < 1.29 is 10.0 Å². The van der Waals surface area contributed by atoms with Crippen LogP contribution in [0.15, 0.2) is 23.6 Å². The number of pyridine rings is 1. The van der Waals surface area contributed by atoms with Crippen LogP contribution in [0.5, 0.6) is 0 Å². The number of carbonyl (C=O) groups excluding carboxylic acids is 1. The third-order valence-electron chi connectivity index (χ3n) is 4.08. The van der Waals surface area contributed by atoms with Crippen LogP contribution < -0.4 is 11.1 Å². The van der Waals surface area contributed by atoms with Gasteiger partial charge < -0.3 is 16.3 Å². The number of carbonyl (C=O) groups is 1. The maximum atomic E-state index is 12.4. The molecule has 6 nitrogen and oxygen atoms in total. The van der Waals surface area contributed by atoms with Crippen molar-refractivity contribution in [3.8, 4) is 0 Å². The second-order valence-electron chi connectivity index (χ2n) is 5.26. The molecule has 1 saturated carbocycles. The molecular formula is C14H20N4O2. The highest BCUT2D eigenvalue weighted by Crippen LogP contribution is 2.38. The first kappa shape index (κ1) is 14.3. The van der Waals surface area contributed by atoms with Crippen LogP contribution in [-0.2, 0) is 11.3 Å². The minimum Gasteiger partial charge on any atom is -0.409 e. The molecule has 1 aromatic heterocycles. The van der Waals surface area contributed by atoms with Crippen molar-refractivity contribution in [1.29, 1.82) is 0 Å². The number of nitrogens with zero attached hydrogens (tertiary/aromatic N) is 2. The minimum absolute atomic E-state index is 0.00964. The highest BCUT2D eigenvalue weighted by molar-refractivity contribution is 6.07. The molecule has 108 valence electrons. The topological polar surface area (TPSA) is 101 Å². The number of nitrogens with one attached hydrogen (secondary N) is 1. The molecule has 0 atom stereocenters. The van der Waals surface area contributed by atoms with E-state index >= 15 is 0 Å². The van der Waals surface area contributed by atoms with E-state index < -0.39 is 5.41 Å². The number of aryl methyl sites for hydroxylation is 1. The number of oxime groups is 1. The van der Waals surface area contributed by atoms with E-state index in [1.165, 1.54) is 0 Å². The van der Waals surface area contributed by atoms with Gasteiger partial charge in [-0.25, -0.2) is 0 Å². The quantitative estimate of drug-likeness (QED) is 0.334. The van der Waals surface area contributed by atoms with Crippen molar-refractivity contribution in [2.45, 2.75) is 39.2 Å². The van der Waals surface area contributed by atoms with Crippen LogP contribution in [0.25, 0.3) is 0 Å². The van der Waals surface area contributed by atoms with Gasteiger partial charge >= 0.3 is 0 Å². The van der Waals surface area contributed by atoms with Crippen LogP contribution >= 0.6 is 0 Å². The third-order valence-corrected chi connectivity index (χ3v) is 4.08. The Balaban J connectivity index is 2.09. The molecule has 1 aromatic rings. The Morgan fingerprint density at radius 1 is 1.55 bits per heavy atom. The Morgan fingerprint density at radius 3 is 2.85 bits per heavy atom. The van der Waals surface area contributed by atoms with Gasteiger partial charge in [0.15, 0.2) is 5.84 Å². The average molecular weight is 276 g/mol. The SMILES string of the molecule is Cc1ccncc1CNC(=O)C1(/C(N)=N/O)CCCC1. The maximum Gasteiger partial charge on any atom is 0.234 e. The third kappa shape index (κ3) is 2.59. The largest absolute Gasteiger partial charge is 0.409 e. The Morgan fingerprint density at radius 2 is 2.25 bits per heavy atom. The Bertz CT molecular complexity index is 522. The van der Waals surface area contributed by atoms with Gasteiger partial charge in [0.1, 0.15) is 5.41 Å². The summed E-state index contributed by atoms with van der Waals surface area (Å²) in [5, 5.41) is 14.9. The van der Waals surface area contributed by atoms with Crippen LogP contribution in [0.3, 0.4) is 0 Å². The highest BCUT2D eigenvalue weighted by Gasteiger charge is 2.45. The maximum absolute atomic E-state index is 12.4.